The van der Waals surface area contributed by atoms with E-state index in [2.05, 4.69) is 21.3 Å². The Balaban J connectivity index is 1.86. The van der Waals surface area contributed by atoms with Crippen molar-refractivity contribution in [3.05, 3.63) is 53.6 Å². The number of esters is 1. The molecule has 0 aromatic heterocycles. The number of ether oxygens (including phenoxy) is 1. The van der Waals surface area contributed by atoms with Gasteiger partial charge in [-0.3, -0.25) is 9.98 Å². The van der Waals surface area contributed by atoms with Crippen LogP contribution in [0.3, 0.4) is 0 Å². The van der Waals surface area contributed by atoms with Crippen molar-refractivity contribution in [2.45, 2.75) is 17.4 Å². The monoisotopic (exact) mass is 418 g/mol. The molecule has 0 amide bonds. The Morgan fingerprint density at radius 1 is 1.46 bits per heavy atom. The number of benzene rings is 1. The van der Waals surface area contributed by atoms with Crippen LogP contribution >= 0.6 is 11.8 Å². The van der Waals surface area contributed by atoms with Gasteiger partial charge >= 0.3 is 5.97 Å². The van der Waals surface area contributed by atoms with Crippen LogP contribution in [-0.4, -0.2) is 59.2 Å². The number of nitrogens with zero attached hydrogens (tertiary/aromatic N) is 3. The molecule has 2 heterocycles. The lowest BCUT2D eigenvalue weighted by Gasteiger charge is -2.28. The third kappa shape index (κ3) is 4.26. The minimum atomic E-state index is -1.34. The molecule has 2 unspecified atom stereocenters. The molecule has 1 fully saturated rings. The predicted molar refractivity (Wildman–Crippen MR) is 114 cm³/mol. The smallest absolute Gasteiger partial charge is 0.337 e. The van der Waals surface area contributed by atoms with Gasteiger partial charge in [0.1, 0.15) is 16.0 Å². The minimum absolute atomic E-state index is 0.106. The summed E-state index contributed by atoms with van der Waals surface area (Å²) in [6.07, 6.45) is 0.553. The average Bonchev–Trinajstić information content (AvgIpc) is 3.15. The van der Waals surface area contributed by atoms with Crippen LogP contribution in [0.25, 0.3) is 0 Å². The van der Waals surface area contributed by atoms with Crippen LogP contribution in [0, 0.1) is 0 Å². The molecule has 2 atom stereocenters. The predicted octanol–water partition coefficient (Wildman–Crippen LogP) is 2.12. The number of aliphatic imine (C=N–C) groups is 2. The fraction of sp³-hybridized carbons (Fsp3) is 0.316. The Morgan fingerprint density at radius 3 is 2.86 bits per heavy atom. The van der Waals surface area contributed by atoms with Crippen molar-refractivity contribution < 1.29 is 13.7 Å². The van der Waals surface area contributed by atoms with Crippen molar-refractivity contribution in [3.63, 3.8) is 0 Å². The van der Waals surface area contributed by atoms with E-state index in [0.29, 0.717) is 29.3 Å². The highest BCUT2D eigenvalue weighted by atomic mass is 32.2. The van der Waals surface area contributed by atoms with E-state index in [-0.39, 0.29) is 18.6 Å². The van der Waals surface area contributed by atoms with E-state index in [1.165, 1.54) is 18.9 Å². The number of fused-ring (bicyclic) bond motifs is 1. The summed E-state index contributed by atoms with van der Waals surface area (Å²) >= 11 is 1.38. The summed E-state index contributed by atoms with van der Waals surface area (Å²) in [6, 6.07) is 9.12. The molecule has 9 heteroatoms. The van der Waals surface area contributed by atoms with Gasteiger partial charge in [0.25, 0.3) is 0 Å². The van der Waals surface area contributed by atoms with Crippen molar-refractivity contribution in [1.82, 2.24) is 9.62 Å². The Hall–Kier alpha value is -2.23. The average molecular weight is 419 g/mol. The van der Waals surface area contributed by atoms with E-state index in [9.17, 15) is 9.00 Å². The van der Waals surface area contributed by atoms with Gasteiger partial charge in [-0.25, -0.2) is 13.7 Å². The van der Waals surface area contributed by atoms with Gasteiger partial charge < -0.3 is 9.64 Å². The molecule has 2 aliphatic rings. The van der Waals surface area contributed by atoms with Crippen molar-refractivity contribution in [1.29, 1.82) is 0 Å². The third-order valence-electron chi connectivity index (χ3n) is 4.41. The van der Waals surface area contributed by atoms with Gasteiger partial charge in [-0.15, -0.1) is 0 Å². The molecule has 7 nitrogen and oxygen atoms in total. The molecule has 148 valence electrons. The molecular formula is C19H22N4O3S2. The Bertz CT molecular complexity index is 880. The van der Waals surface area contributed by atoms with Gasteiger partial charge in [-0.1, -0.05) is 36.5 Å². The van der Waals surface area contributed by atoms with Crippen LogP contribution in [0.15, 0.2) is 68.5 Å². The summed E-state index contributed by atoms with van der Waals surface area (Å²) in [5.74, 6) is 0.309. The lowest BCUT2D eigenvalue weighted by molar-refractivity contribution is -0.136. The number of amidine groups is 1. The Labute approximate surface area is 171 Å². The molecule has 0 bridgehead atoms. The first-order valence-electron chi connectivity index (χ1n) is 8.69. The van der Waals surface area contributed by atoms with Crippen LogP contribution in [0.4, 0.5) is 0 Å². The summed E-state index contributed by atoms with van der Waals surface area (Å²) in [5, 5.41) is 2.42. The maximum atomic E-state index is 12.7. The molecule has 1 N–H and O–H groups in total. The first-order valence-corrected chi connectivity index (χ1v) is 10.7. The highest BCUT2D eigenvalue weighted by Gasteiger charge is 2.38. The number of thioether (sulfide) groups is 1. The normalized spacial score (nSPS) is 20.5. The standard InChI is InChI=1S/C19H22N4O3S2/c1-4-27-18(20-2)17-21-11-15(19(24)26-3)16-10-13(12-23(16)17)22-28(25)14-8-6-5-7-9-14/h4-9,13,22H,1,10-12H2,2-3H3. The third-order valence-corrected chi connectivity index (χ3v) is 6.41. The highest BCUT2D eigenvalue weighted by Crippen LogP contribution is 2.31. The van der Waals surface area contributed by atoms with Gasteiger partial charge in [-0.05, 0) is 17.5 Å². The van der Waals surface area contributed by atoms with Crippen LogP contribution in [-0.2, 0) is 20.5 Å². The van der Waals surface area contributed by atoms with Gasteiger partial charge in [-0.2, -0.15) is 0 Å². The van der Waals surface area contributed by atoms with E-state index in [1.807, 2.05) is 35.2 Å². The second-order valence-electron chi connectivity index (χ2n) is 6.08. The molecule has 0 radical (unpaired) electrons. The zero-order valence-electron chi connectivity index (χ0n) is 15.8. The maximum absolute atomic E-state index is 12.7. The summed E-state index contributed by atoms with van der Waals surface area (Å²) < 4.78 is 20.7. The molecule has 0 saturated carbocycles. The van der Waals surface area contributed by atoms with Crippen molar-refractivity contribution in [3.8, 4) is 0 Å². The summed E-state index contributed by atoms with van der Waals surface area (Å²) in [4.78, 5) is 23.8. The number of nitrogens with one attached hydrogen (secondary N) is 1. The SMILES string of the molecule is C=CSC(=NC)C1=NCC(C(=O)OC)=C2CC(NS(=O)c3ccccc3)CN12. The van der Waals surface area contributed by atoms with Crippen molar-refractivity contribution in [2.75, 3.05) is 27.2 Å². The topological polar surface area (TPSA) is 83.4 Å². The van der Waals surface area contributed by atoms with E-state index < -0.39 is 11.0 Å². The van der Waals surface area contributed by atoms with Crippen molar-refractivity contribution >= 4 is 39.6 Å². The van der Waals surface area contributed by atoms with Gasteiger partial charge in [0.2, 0.25) is 0 Å². The summed E-state index contributed by atoms with van der Waals surface area (Å²) in [7, 11) is 1.72. The van der Waals surface area contributed by atoms with Crippen LogP contribution in [0.5, 0.6) is 0 Å². The molecule has 3 rings (SSSR count). The number of carbonyl (C=O) groups is 1. The van der Waals surface area contributed by atoms with E-state index >= 15 is 0 Å². The number of hydrogen-bond donors (Lipinski definition) is 1. The number of methoxy groups -OCH3 is 1. The van der Waals surface area contributed by atoms with Crippen molar-refractivity contribution in [2.24, 2.45) is 9.98 Å². The molecule has 0 aliphatic carbocycles. The summed E-state index contributed by atoms with van der Waals surface area (Å²) in [6.45, 7) is 4.51. The van der Waals surface area contributed by atoms with E-state index in [0.717, 1.165) is 10.7 Å². The molecule has 0 spiro atoms. The molecular weight excluding hydrogens is 396 g/mol. The summed E-state index contributed by atoms with van der Waals surface area (Å²) in [5.41, 5.74) is 1.37. The number of carbonyl (C=O) groups excluding carboxylic acids is 1. The highest BCUT2D eigenvalue weighted by molar-refractivity contribution is 8.18. The van der Waals surface area contributed by atoms with Crippen LogP contribution < -0.4 is 4.72 Å². The van der Waals surface area contributed by atoms with E-state index in [4.69, 9.17) is 4.74 Å². The van der Waals surface area contributed by atoms with E-state index in [1.54, 1.807) is 12.5 Å². The molecule has 28 heavy (non-hydrogen) atoms. The first kappa shape index (κ1) is 20.5. The first-order chi connectivity index (χ1) is 13.6. The lowest BCUT2D eigenvalue weighted by Crippen LogP contribution is -2.40. The molecule has 1 aromatic carbocycles. The quantitative estimate of drug-likeness (QED) is 0.435. The maximum Gasteiger partial charge on any atom is 0.337 e. The fourth-order valence-electron chi connectivity index (χ4n) is 3.19. The van der Waals surface area contributed by atoms with Crippen LogP contribution in [0.1, 0.15) is 6.42 Å². The Morgan fingerprint density at radius 2 is 2.21 bits per heavy atom. The number of rotatable bonds is 6. The fourth-order valence-corrected chi connectivity index (χ4v) is 4.73. The zero-order valence-corrected chi connectivity index (χ0v) is 17.4. The van der Waals surface area contributed by atoms with Crippen LogP contribution in [0.2, 0.25) is 0 Å². The molecule has 1 saturated heterocycles. The minimum Gasteiger partial charge on any atom is -0.466 e. The zero-order chi connectivity index (χ0) is 20.1. The van der Waals surface area contributed by atoms with Gasteiger partial charge in [0, 0.05) is 31.8 Å². The second kappa shape index (κ2) is 9.31. The second-order valence-corrected chi connectivity index (χ2v) is 8.28. The molecule has 2 aliphatic heterocycles. The number of hydrogen-bond acceptors (Lipinski definition) is 7. The van der Waals surface area contributed by atoms with Gasteiger partial charge in [0.15, 0.2) is 5.84 Å². The lowest BCUT2D eigenvalue weighted by atomic mass is 10.1. The largest absolute Gasteiger partial charge is 0.466 e. The Kier molecular flexibility index (Phi) is 6.82. The molecule has 1 aromatic rings. The van der Waals surface area contributed by atoms with Gasteiger partial charge in [0.05, 0.1) is 24.1 Å².